The molecule has 0 aliphatic rings. The average Bonchev–Trinajstić information content (AvgIpc) is 2.58. The molecule has 0 bridgehead atoms. The Morgan fingerprint density at radius 1 is 1.19 bits per heavy atom. The fraction of sp³-hybridized carbons (Fsp3) is 0.409. The molecule has 0 spiro atoms. The Kier molecular flexibility index (Phi) is 7.01. The summed E-state index contributed by atoms with van der Waals surface area (Å²) in [4.78, 5) is 11.0. The molecule has 2 aromatic rings. The molecular weight excluding hydrogens is 363 g/mol. The van der Waals surface area contributed by atoms with Gasteiger partial charge in [0.15, 0.2) is 0 Å². The molecule has 2 atom stereocenters. The van der Waals surface area contributed by atoms with E-state index in [0.717, 1.165) is 5.56 Å². The molecule has 0 radical (unpaired) electrons. The Bertz CT molecular complexity index is 801. The van der Waals surface area contributed by atoms with E-state index in [1.807, 2.05) is 31.2 Å². The van der Waals surface area contributed by atoms with Crippen LogP contribution in [0.5, 0.6) is 0 Å². The van der Waals surface area contributed by atoms with Gasteiger partial charge in [-0.25, -0.2) is 4.39 Å². The van der Waals surface area contributed by atoms with Gasteiger partial charge in [0.1, 0.15) is 5.82 Å². The van der Waals surface area contributed by atoms with Crippen molar-refractivity contribution in [3.05, 3.63) is 63.9 Å². The third kappa shape index (κ3) is 5.30. The van der Waals surface area contributed by atoms with E-state index in [4.69, 9.17) is 11.6 Å². The van der Waals surface area contributed by atoms with Gasteiger partial charge in [-0.15, -0.1) is 0 Å². The van der Waals surface area contributed by atoms with Crippen molar-refractivity contribution in [2.45, 2.75) is 46.6 Å². The molecule has 2 aromatic carbocycles. The lowest BCUT2D eigenvalue weighted by Crippen LogP contribution is -2.35. The summed E-state index contributed by atoms with van der Waals surface area (Å²) in [5.74, 6) is -0.140. The van der Waals surface area contributed by atoms with E-state index in [9.17, 15) is 9.18 Å². The first-order chi connectivity index (χ1) is 12.6. The SMILES string of the molecule is Cc1cccc(C(C)CNC(c2ccc(Cl)cc2NC=O)C(C)(C)C)c1F. The summed E-state index contributed by atoms with van der Waals surface area (Å²) in [5, 5.41) is 6.88. The first-order valence-electron chi connectivity index (χ1n) is 9.13. The van der Waals surface area contributed by atoms with E-state index in [1.165, 1.54) is 0 Å². The number of carbonyl (C=O) groups is 1. The maximum atomic E-state index is 14.5. The molecule has 3 nitrogen and oxygen atoms in total. The summed E-state index contributed by atoms with van der Waals surface area (Å²) in [5.41, 5.74) is 2.87. The third-order valence-corrected chi connectivity index (χ3v) is 5.02. The molecular formula is C22H28ClFN2O. The number of nitrogens with one attached hydrogen (secondary N) is 2. The van der Waals surface area contributed by atoms with Crippen molar-refractivity contribution < 1.29 is 9.18 Å². The van der Waals surface area contributed by atoms with Crippen LogP contribution in [-0.4, -0.2) is 13.0 Å². The second-order valence-corrected chi connectivity index (χ2v) is 8.52. The number of benzene rings is 2. The Morgan fingerprint density at radius 2 is 1.89 bits per heavy atom. The number of aryl methyl sites for hydroxylation is 1. The van der Waals surface area contributed by atoms with Crippen LogP contribution in [0, 0.1) is 18.2 Å². The summed E-state index contributed by atoms with van der Waals surface area (Å²) in [6.45, 7) is 10.8. The molecule has 0 aromatic heterocycles. The summed E-state index contributed by atoms with van der Waals surface area (Å²) < 4.78 is 14.5. The highest BCUT2D eigenvalue weighted by Crippen LogP contribution is 2.38. The third-order valence-electron chi connectivity index (χ3n) is 4.79. The van der Waals surface area contributed by atoms with Crippen molar-refractivity contribution >= 4 is 23.7 Å². The topological polar surface area (TPSA) is 41.1 Å². The first-order valence-corrected chi connectivity index (χ1v) is 9.51. The van der Waals surface area contributed by atoms with Gasteiger partial charge in [-0.05, 0) is 47.1 Å². The summed E-state index contributed by atoms with van der Waals surface area (Å²) in [6.07, 6.45) is 0.652. The van der Waals surface area contributed by atoms with Crippen LogP contribution in [-0.2, 0) is 4.79 Å². The minimum absolute atomic E-state index is 0.00419. The van der Waals surface area contributed by atoms with Gasteiger partial charge in [-0.3, -0.25) is 4.79 Å². The van der Waals surface area contributed by atoms with E-state index in [0.29, 0.717) is 34.8 Å². The van der Waals surface area contributed by atoms with Crippen LogP contribution in [0.1, 0.15) is 56.3 Å². The summed E-state index contributed by atoms with van der Waals surface area (Å²) in [7, 11) is 0. The van der Waals surface area contributed by atoms with E-state index >= 15 is 0 Å². The molecule has 0 saturated carbocycles. The van der Waals surface area contributed by atoms with Crippen LogP contribution >= 0.6 is 11.6 Å². The molecule has 0 saturated heterocycles. The van der Waals surface area contributed by atoms with E-state index < -0.39 is 0 Å². The molecule has 2 rings (SSSR count). The number of rotatable bonds is 7. The number of hydrogen-bond acceptors (Lipinski definition) is 2. The molecule has 0 aliphatic heterocycles. The average molecular weight is 391 g/mol. The molecule has 0 heterocycles. The highest BCUT2D eigenvalue weighted by Gasteiger charge is 2.29. The van der Waals surface area contributed by atoms with Gasteiger partial charge >= 0.3 is 0 Å². The second kappa shape index (κ2) is 8.85. The molecule has 1 amide bonds. The van der Waals surface area contributed by atoms with E-state index in [-0.39, 0.29) is 23.2 Å². The Morgan fingerprint density at radius 3 is 2.52 bits per heavy atom. The van der Waals surface area contributed by atoms with Crippen LogP contribution < -0.4 is 10.6 Å². The highest BCUT2D eigenvalue weighted by molar-refractivity contribution is 6.30. The van der Waals surface area contributed by atoms with Crippen LogP contribution in [0.4, 0.5) is 10.1 Å². The van der Waals surface area contributed by atoms with E-state index in [1.54, 1.807) is 19.1 Å². The predicted octanol–water partition coefficient (Wildman–Crippen LogP) is 5.84. The van der Waals surface area contributed by atoms with Gasteiger partial charge in [0.2, 0.25) is 6.41 Å². The fourth-order valence-corrected chi connectivity index (χ4v) is 3.48. The van der Waals surface area contributed by atoms with Crippen molar-refractivity contribution in [1.82, 2.24) is 5.32 Å². The summed E-state index contributed by atoms with van der Waals surface area (Å²) in [6, 6.07) is 10.9. The molecule has 0 fully saturated rings. The zero-order valence-corrected chi connectivity index (χ0v) is 17.3. The lowest BCUT2D eigenvalue weighted by molar-refractivity contribution is -0.105. The Hall–Kier alpha value is -1.91. The fourth-order valence-electron chi connectivity index (χ4n) is 3.31. The van der Waals surface area contributed by atoms with Crippen molar-refractivity contribution in [2.24, 2.45) is 5.41 Å². The van der Waals surface area contributed by atoms with Crippen LogP contribution in [0.25, 0.3) is 0 Å². The number of anilines is 1. The van der Waals surface area contributed by atoms with Crippen molar-refractivity contribution in [3.63, 3.8) is 0 Å². The minimum Gasteiger partial charge on any atom is -0.328 e. The summed E-state index contributed by atoms with van der Waals surface area (Å²) >= 11 is 6.09. The van der Waals surface area contributed by atoms with Gasteiger partial charge in [-0.1, -0.05) is 63.6 Å². The molecule has 0 aliphatic carbocycles. The Balaban J connectivity index is 2.29. The van der Waals surface area contributed by atoms with E-state index in [2.05, 4.69) is 31.4 Å². The van der Waals surface area contributed by atoms with Crippen LogP contribution in [0.3, 0.4) is 0 Å². The number of carbonyl (C=O) groups excluding carboxylic acids is 1. The maximum Gasteiger partial charge on any atom is 0.211 e. The smallest absolute Gasteiger partial charge is 0.211 e. The number of hydrogen-bond donors (Lipinski definition) is 2. The quantitative estimate of drug-likeness (QED) is 0.583. The van der Waals surface area contributed by atoms with Gasteiger partial charge in [0, 0.05) is 23.3 Å². The predicted molar refractivity (Wildman–Crippen MR) is 111 cm³/mol. The first kappa shape index (κ1) is 21.4. The van der Waals surface area contributed by atoms with Crippen LogP contribution in [0.2, 0.25) is 5.02 Å². The maximum absolute atomic E-state index is 14.5. The minimum atomic E-state index is -0.145. The lowest BCUT2D eigenvalue weighted by atomic mass is 9.81. The van der Waals surface area contributed by atoms with Gasteiger partial charge < -0.3 is 10.6 Å². The van der Waals surface area contributed by atoms with Crippen molar-refractivity contribution in [2.75, 3.05) is 11.9 Å². The second-order valence-electron chi connectivity index (χ2n) is 8.08. The van der Waals surface area contributed by atoms with Crippen molar-refractivity contribution in [3.8, 4) is 0 Å². The molecule has 146 valence electrons. The molecule has 5 heteroatoms. The number of amides is 1. The van der Waals surface area contributed by atoms with Gasteiger partial charge in [-0.2, -0.15) is 0 Å². The highest BCUT2D eigenvalue weighted by atomic mass is 35.5. The zero-order chi connectivity index (χ0) is 20.2. The Labute approximate surface area is 166 Å². The van der Waals surface area contributed by atoms with Crippen LogP contribution in [0.15, 0.2) is 36.4 Å². The number of halogens is 2. The molecule has 27 heavy (non-hydrogen) atoms. The lowest BCUT2D eigenvalue weighted by Gasteiger charge is -2.34. The standard InChI is InChI=1S/C22H28ClFN2O/c1-14-7-6-8-17(20(14)24)15(2)12-25-21(22(3,4)5)18-10-9-16(23)11-19(18)26-13-27/h6-11,13,15,21,25H,12H2,1-5H3,(H,26,27). The molecule has 2 unspecified atom stereocenters. The van der Waals surface area contributed by atoms with Crippen molar-refractivity contribution in [1.29, 1.82) is 0 Å². The monoisotopic (exact) mass is 390 g/mol. The zero-order valence-electron chi connectivity index (χ0n) is 16.6. The largest absolute Gasteiger partial charge is 0.328 e. The normalized spacial score (nSPS) is 13.9. The van der Waals surface area contributed by atoms with Gasteiger partial charge in [0.05, 0.1) is 0 Å². The molecule has 2 N–H and O–H groups in total. The van der Waals surface area contributed by atoms with Gasteiger partial charge in [0.25, 0.3) is 0 Å².